The van der Waals surface area contributed by atoms with E-state index in [4.69, 9.17) is 5.73 Å². The van der Waals surface area contributed by atoms with Crippen LogP contribution in [-0.4, -0.2) is 18.0 Å². The molecule has 1 saturated carbocycles. The second kappa shape index (κ2) is 8.76. The summed E-state index contributed by atoms with van der Waals surface area (Å²) < 4.78 is 0. The Morgan fingerprint density at radius 3 is 2.28 bits per heavy atom. The number of carbonyl (C=O) groups excluding carboxylic acids is 1. The van der Waals surface area contributed by atoms with Crippen LogP contribution in [0.1, 0.15) is 59.3 Å². The number of amides is 1. The van der Waals surface area contributed by atoms with Crippen molar-refractivity contribution in [3.05, 3.63) is 0 Å². The molecule has 0 saturated heterocycles. The van der Waals surface area contributed by atoms with Crippen molar-refractivity contribution >= 4 is 18.3 Å². The van der Waals surface area contributed by atoms with E-state index in [-0.39, 0.29) is 24.4 Å². The third kappa shape index (κ3) is 6.05. The molecule has 1 rings (SSSR count). The van der Waals surface area contributed by atoms with Gasteiger partial charge in [0.25, 0.3) is 0 Å². The molecule has 1 amide bonds. The lowest BCUT2D eigenvalue weighted by Gasteiger charge is -2.29. The van der Waals surface area contributed by atoms with Crippen LogP contribution in [0.2, 0.25) is 0 Å². The Kier molecular flexibility index (Phi) is 8.62. The summed E-state index contributed by atoms with van der Waals surface area (Å²) in [5.74, 6) is 1.39. The second-order valence-corrected chi connectivity index (χ2v) is 5.87. The van der Waals surface area contributed by atoms with Crippen molar-refractivity contribution in [3.63, 3.8) is 0 Å². The van der Waals surface area contributed by atoms with Crippen LogP contribution in [0.25, 0.3) is 0 Å². The van der Waals surface area contributed by atoms with Crippen LogP contribution in [-0.2, 0) is 4.79 Å². The largest absolute Gasteiger partial charge is 0.352 e. The minimum atomic E-state index is -0.334. The van der Waals surface area contributed by atoms with Gasteiger partial charge in [0, 0.05) is 6.04 Å². The van der Waals surface area contributed by atoms with Crippen LogP contribution in [0.15, 0.2) is 0 Å². The molecule has 0 spiro atoms. The standard InChI is InChI=1S/C14H28N2O.ClH/c1-4-11-5-7-12(8-6-11)16-14(17)13(15)9-10(2)3;/h10-13H,4-9,15H2,1-3H3,(H,16,17);1H/t11?,12?,13-;/m0./s1. The highest BCUT2D eigenvalue weighted by Crippen LogP contribution is 2.26. The summed E-state index contributed by atoms with van der Waals surface area (Å²) in [6, 6.07) is 0.0300. The Morgan fingerprint density at radius 1 is 1.28 bits per heavy atom. The van der Waals surface area contributed by atoms with Crippen molar-refractivity contribution in [3.8, 4) is 0 Å². The normalized spacial score (nSPS) is 25.4. The first-order valence-electron chi connectivity index (χ1n) is 7.08. The number of carbonyl (C=O) groups is 1. The molecule has 18 heavy (non-hydrogen) atoms. The summed E-state index contributed by atoms with van der Waals surface area (Å²) in [6.45, 7) is 6.45. The van der Waals surface area contributed by atoms with E-state index in [1.165, 1.54) is 19.3 Å². The van der Waals surface area contributed by atoms with Crippen molar-refractivity contribution in [2.24, 2.45) is 17.6 Å². The summed E-state index contributed by atoms with van der Waals surface area (Å²) in [6.07, 6.45) is 6.79. The number of hydrogen-bond acceptors (Lipinski definition) is 2. The first kappa shape index (κ1) is 17.7. The maximum atomic E-state index is 11.9. The topological polar surface area (TPSA) is 55.1 Å². The quantitative estimate of drug-likeness (QED) is 0.811. The van der Waals surface area contributed by atoms with E-state index >= 15 is 0 Å². The van der Waals surface area contributed by atoms with Gasteiger partial charge in [-0.2, -0.15) is 0 Å². The zero-order chi connectivity index (χ0) is 12.8. The third-order valence-electron chi connectivity index (χ3n) is 3.83. The van der Waals surface area contributed by atoms with Gasteiger partial charge in [0.2, 0.25) is 5.91 Å². The molecule has 0 aromatic carbocycles. The van der Waals surface area contributed by atoms with E-state index in [0.29, 0.717) is 12.0 Å². The van der Waals surface area contributed by atoms with Gasteiger partial charge < -0.3 is 11.1 Å². The van der Waals surface area contributed by atoms with Gasteiger partial charge in [0.1, 0.15) is 0 Å². The number of hydrogen-bond donors (Lipinski definition) is 2. The summed E-state index contributed by atoms with van der Waals surface area (Å²) in [4.78, 5) is 11.9. The lowest BCUT2D eigenvalue weighted by atomic mass is 9.84. The van der Waals surface area contributed by atoms with Crippen LogP contribution in [0, 0.1) is 11.8 Å². The van der Waals surface area contributed by atoms with E-state index in [1.807, 2.05) is 0 Å². The molecule has 1 aliphatic rings. The van der Waals surface area contributed by atoms with Gasteiger partial charge in [-0.1, -0.05) is 27.2 Å². The Morgan fingerprint density at radius 2 is 1.83 bits per heavy atom. The molecule has 0 aromatic heterocycles. The summed E-state index contributed by atoms with van der Waals surface area (Å²) in [5.41, 5.74) is 5.88. The molecule has 3 nitrogen and oxygen atoms in total. The highest BCUT2D eigenvalue weighted by atomic mass is 35.5. The molecule has 1 atom stereocenters. The summed E-state index contributed by atoms with van der Waals surface area (Å²) in [7, 11) is 0. The second-order valence-electron chi connectivity index (χ2n) is 5.87. The molecule has 0 heterocycles. The van der Waals surface area contributed by atoms with Crippen LogP contribution < -0.4 is 11.1 Å². The van der Waals surface area contributed by atoms with E-state index in [1.54, 1.807) is 0 Å². The van der Waals surface area contributed by atoms with Crippen LogP contribution >= 0.6 is 12.4 Å². The lowest BCUT2D eigenvalue weighted by molar-refractivity contribution is -0.123. The Labute approximate surface area is 118 Å². The van der Waals surface area contributed by atoms with Crippen LogP contribution in [0.5, 0.6) is 0 Å². The smallest absolute Gasteiger partial charge is 0.237 e. The fourth-order valence-corrected chi connectivity index (χ4v) is 2.64. The molecule has 0 unspecified atom stereocenters. The van der Waals surface area contributed by atoms with Gasteiger partial charge in [-0.05, 0) is 43.9 Å². The fourth-order valence-electron chi connectivity index (χ4n) is 2.64. The Bertz CT molecular complexity index is 238. The highest BCUT2D eigenvalue weighted by Gasteiger charge is 2.23. The monoisotopic (exact) mass is 276 g/mol. The molecule has 1 aliphatic carbocycles. The van der Waals surface area contributed by atoms with Crippen molar-refractivity contribution in [1.82, 2.24) is 5.32 Å². The highest BCUT2D eigenvalue weighted by molar-refractivity contribution is 5.85. The molecule has 4 heteroatoms. The van der Waals surface area contributed by atoms with Crippen LogP contribution in [0.4, 0.5) is 0 Å². The van der Waals surface area contributed by atoms with Gasteiger partial charge in [0.15, 0.2) is 0 Å². The van der Waals surface area contributed by atoms with Crippen molar-refractivity contribution in [2.45, 2.75) is 71.4 Å². The molecular weight excluding hydrogens is 248 g/mol. The first-order valence-corrected chi connectivity index (χ1v) is 7.08. The zero-order valence-electron chi connectivity index (χ0n) is 11.9. The molecule has 0 bridgehead atoms. The molecule has 0 aliphatic heterocycles. The predicted molar refractivity (Wildman–Crippen MR) is 78.9 cm³/mol. The third-order valence-corrected chi connectivity index (χ3v) is 3.83. The predicted octanol–water partition coefficient (Wildman–Crippen LogP) is 2.87. The SMILES string of the molecule is CCC1CCC(NC(=O)[C@@H](N)CC(C)C)CC1.Cl. The first-order chi connectivity index (χ1) is 8.02. The van der Waals surface area contributed by atoms with Gasteiger partial charge in [-0.3, -0.25) is 4.79 Å². The maximum absolute atomic E-state index is 11.9. The van der Waals surface area contributed by atoms with Gasteiger partial charge in [0.05, 0.1) is 6.04 Å². The maximum Gasteiger partial charge on any atom is 0.237 e. The molecule has 0 aromatic rings. The molecule has 1 fully saturated rings. The van der Waals surface area contributed by atoms with E-state index < -0.39 is 0 Å². The van der Waals surface area contributed by atoms with Gasteiger partial charge in [-0.15, -0.1) is 12.4 Å². The molecule has 0 radical (unpaired) electrons. The average Bonchev–Trinajstić information content (AvgIpc) is 2.29. The molecule has 108 valence electrons. The lowest BCUT2D eigenvalue weighted by Crippen LogP contribution is -2.46. The number of rotatable bonds is 5. The van der Waals surface area contributed by atoms with E-state index in [2.05, 4.69) is 26.1 Å². The van der Waals surface area contributed by atoms with Crippen molar-refractivity contribution in [2.75, 3.05) is 0 Å². The van der Waals surface area contributed by atoms with Crippen molar-refractivity contribution < 1.29 is 4.79 Å². The van der Waals surface area contributed by atoms with Crippen molar-refractivity contribution in [1.29, 1.82) is 0 Å². The van der Waals surface area contributed by atoms with Gasteiger partial charge >= 0.3 is 0 Å². The zero-order valence-corrected chi connectivity index (χ0v) is 12.8. The van der Waals surface area contributed by atoms with Crippen LogP contribution in [0.3, 0.4) is 0 Å². The minimum absolute atomic E-state index is 0. The number of nitrogens with one attached hydrogen (secondary N) is 1. The molecular formula is C14H29ClN2O. The Hall–Kier alpha value is -0.280. The minimum Gasteiger partial charge on any atom is -0.352 e. The molecule has 3 N–H and O–H groups in total. The van der Waals surface area contributed by atoms with E-state index in [9.17, 15) is 4.79 Å². The number of nitrogens with two attached hydrogens (primary N) is 1. The number of halogens is 1. The summed E-state index contributed by atoms with van der Waals surface area (Å²) >= 11 is 0. The van der Waals surface area contributed by atoms with Gasteiger partial charge in [-0.25, -0.2) is 0 Å². The fraction of sp³-hybridized carbons (Fsp3) is 0.929. The average molecular weight is 277 g/mol. The Balaban J connectivity index is 0.00000289. The summed E-state index contributed by atoms with van der Waals surface area (Å²) in [5, 5.41) is 3.10. The van der Waals surface area contributed by atoms with E-state index in [0.717, 1.165) is 25.2 Å².